The molecule has 0 saturated carbocycles. The second kappa shape index (κ2) is 4.95. The molecule has 1 saturated heterocycles. The molecule has 1 aliphatic rings. The molecule has 1 aromatic heterocycles. The minimum atomic E-state index is 0.184. The molecule has 1 aliphatic heterocycles. The Balaban J connectivity index is 2.08. The van der Waals surface area contributed by atoms with E-state index in [1.165, 1.54) is 14.2 Å². The van der Waals surface area contributed by atoms with Crippen molar-refractivity contribution in [3.63, 3.8) is 0 Å². The lowest BCUT2D eigenvalue weighted by Gasteiger charge is -2.26. The fourth-order valence-electron chi connectivity index (χ4n) is 1.96. The summed E-state index contributed by atoms with van der Waals surface area (Å²) in [6.45, 7) is 3.84. The van der Waals surface area contributed by atoms with Crippen LogP contribution in [0.5, 0.6) is 0 Å². The van der Waals surface area contributed by atoms with E-state index in [2.05, 4.69) is 28.9 Å². The van der Waals surface area contributed by atoms with Crippen LogP contribution >= 0.6 is 27.3 Å². The van der Waals surface area contributed by atoms with Crippen molar-refractivity contribution >= 4 is 27.3 Å². The highest BCUT2D eigenvalue weighted by atomic mass is 79.9. The molecular formula is C11H16BrNOS. The summed E-state index contributed by atoms with van der Waals surface area (Å²) in [6.07, 6.45) is 2.19. The molecule has 1 aromatic rings. The van der Waals surface area contributed by atoms with Gasteiger partial charge in [0.25, 0.3) is 0 Å². The Kier molecular flexibility index (Phi) is 3.83. The lowest BCUT2D eigenvalue weighted by molar-refractivity contribution is 0.0587. The normalized spacial score (nSPS) is 20.5. The van der Waals surface area contributed by atoms with Crippen LogP contribution in [0, 0.1) is 12.8 Å². The molecular weight excluding hydrogens is 274 g/mol. The number of nitrogens with two attached hydrogens (primary N) is 1. The Morgan fingerprint density at radius 3 is 2.73 bits per heavy atom. The SMILES string of the molecule is Cc1cc([C@H](N)C2CCOCC2)sc1Br. The van der Waals surface area contributed by atoms with Crippen molar-refractivity contribution in [2.45, 2.75) is 25.8 Å². The summed E-state index contributed by atoms with van der Waals surface area (Å²) in [5.41, 5.74) is 7.58. The van der Waals surface area contributed by atoms with E-state index in [1.54, 1.807) is 11.3 Å². The molecule has 1 atom stereocenters. The second-order valence-corrected chi connectivity index (χ2v) is 6.48. The van der Waals surface area contributed by atoms with Crippen molar-refractivity contribution in [1.29, 1.82) is 0 Å². The highest BCUT2D eigenvalue weighted by molar-refractivity contribution is 9.11. The van der Waals surface area contributed by atoms with Gasteiger partial charge in [0.05, 0.1) is 3.79 Å². The van der Waals surface area contributed by atoms with E-state index >= 15 is 0 Å². The molecule has 0 radical (unpaired) electrons. The van der Waals surface area contributed by atoms with Crippen LogP contribution in [0.4, 0.5) is 0 Å². The third-order valence-corrected chi connectivity index (χ3v) is 5.22. The smallest absolute Gasteiger partial charge is 0.0731 e. The average molecular weight is 290 g/mol. The Hall–Kier alpha value is 0.100. The van der Waals surface area contributed by atoms with Crippen LogP contribution in [-0.4, -0.2) is 13.2 Å². The molecule has 0 aliphatic carbocycles. The van der Waals surface area contributed by atoms with Gasteiger partial charge in [0.1, 0.15) is 0 Å². The van der Waals surface area contributed by atoms with Gasteiger partial charge in [0.15, 0.2) is 0 Å². The first-order chi connectivity index (χ1) is 7.18. The van der Waals surface area contributed by atoms with Crippen molar-refractivity contribution in [1.82, 2.24) is 0 Å². The lowest BCUT2D eigenvalue weighted by Crippen LogP contribution is -2.26. The Bertz CT molecular complexity index is 314. The largest absolute Gasteiger partial charge is 0.381 e. The molecule has 4 heteroatoms. The quantitative estimate of drug-likeness (QED) is 0.907. The maximum absolute atomic E-state index is 6.29. The van der Waals surface area contributed by atoms with Crippen molar-refractivity contribution in [2.24, 2.45) is 11.7 Å². The lowest BCUT2D eigenvalue weighted by atomic mass is 9.91. The van der Waals surface area contributed by atoms with Crippen LogP contribution in [-0.2, 0) is 4.74 Å². The van der Waals surface area contributed by atoms with Gasteiger partial charge < -0.3 is 10.5 Å². The van der Waals surface area contributed by atoms with Gasteiger partial charge in [-0.1, -0.05) is 0 Å². The molecule has 0 spiro atoms. The Morgan fingerprint density at radius 1 is 1.53 bits per heavy atom. The summed E-state index contributed by atoms with van der Waals surface area (Å²) in [7, 11) is 0. The van der Waals surface area contributed by atoms with Gasteiger partial charge in [-0.05, 0) is 53.2 Å². The van der Waals surface area contributed by atoms with E-state index in [9.17, 15) is 0 Å². The molecule has 2 nitrogen and oxygen atoms in total. The number of halogens is 1. The first-order valence-electron chi connectivity index (χ1n) is 5.27. The maximum Gasteiger partial charge on any atom is 0.0731 e. The summed E-state index contributed by atoms with van der Waals surface area (Å²) < 4.78 is 6.56. The predicted octanol–water partition coefficient (Wildman–Crippen LogP) is 3.25. The predicted molar refractivity (Wildman–Crippen MR) is 67.2 cm³/mol. The highest BCUT2D eigenvalue weighted by Crippen LogP contribution is 2.36. The van der Waals surface area contributed by atoms with Crippen molar-refractivity contribution in [3.8, 4) is 0 Å². The van der Waals surface area contributed by atoms with E-state index in [1.807, 2.05) is 0 Å². The molecule has 2 N–H and O–H groups in total. The van der Waals surface area contributed by atoms with Crippen LogP contribution < -0.4 is 5.73 Å². The van der Waals surface area contributed by atoms with E-state index in [0.717, 1.165) is 26.1 Å². The van der Waals surface area contributed by atoms with E-state index in [0.29, 0.717) is 5.92 Å². The first kappa shape index (κ1) is 11.6. The van der Waals surface area contributed by atoms with Crippen molar-refractivity contribution in [3.05, 3.63) is 20.3 Å². The summed E-state index contributed by atoms with van der Waals surface area (Å²) in [6, 6.07) is 2.39. The highest BCUT2D eigenvalue weighted by Gasteiger charge is 2.23. The maximum atomic E-state index is 6.29. The number of hydrogen-bond donors (Lipinski definition) is 1. The summed E-state index contributed by atoms with van der Waals surface area (Å²) in [5, 5.41) is 0. The fourth-order valence-corrected chi connectivity index (χ4v) is 3.62. The standard InChI is InChI=1S/C11H16BrNOS/c1-7-6-9(15-11(7)12)10(13)8-2-4-14-5-3-8/h6,8,10H,2-5,13H2,1H3/t10-/m1/s1. The van der Waals surface area contributed by atoms with Gasteiger partial charge in [0.2, 0.25) is 0 Å². The summed E-state index contributed by atoms with van der Waals surface area (Å²) >= 11 is 5.31. The zero-order valence-corrected chi connectivity index (χ0v) is 11.2. The van der Waals surface area contributed by atoms with Crippen LogP contribution in [0.3, 0.4) is 0 Å². The van der Waals surface area contributed by atoms with Gasteiger partial charge in [-0.15, -0.1) is 11.3 Å². The summed E-state index contributed by atoms with van der Waals surface area (Å²) in [5.74, 6) is 0.587. The molecule has 0 amide bonds. The molecule has 0 unspecified atom stereocenters. The Morgan fingerprint density at radius 2 is 2.20 bits per heavy atom. The van der Waals surface area contributed by atoms with Gasteiger partial charge in [0, 0.05) is 24.1 Å². The van der Waals surface area contributed by atoms with Gasteiger partial charge in [-0.3, -0.25) is 0 Å². The minimum Gasteiger partial charge on any atom is -0.381 e. The fraction of sp³-hybridized carbons (Fsp3) is 0.636. The van der Waals surface area contributed by atoms with Gasteiger partial charge in [-0.2, -0.15) is 0 Å². The van der Waals surface area contributed by atoms with E-state index in [4.69, 9.17) is 10.5 Å². The third-order valence-electron chi connectivity index (χ3n) is 2.98. The van der Waals surface area contributed by atoms with Crippen LogP contribution in [0.2, 0.25) is 0 Å². The molecule has 1 fully saturated rings. The zero-order chi connectivity index (χ0) is 10.8. The topological polar surface area (TPSA) is 35.2 Å². The number of hydrogen-bond acceptors (Lipinski definition) is 3. The van der Waals surface area contributed by atoms with E-state index < -0.39 is 0 Å². The molecule has 0 bridgehead atoms. The minimum absolute atomic E-state index is 0.184. The molecule has 0 aromatic carbocycles. The van der Waals surface area contributed by atoms with Crippen molar-refractivity contribution in [2.75, 3.05) is 13.2 Å². The molecule has 84 valence electrons. The molecule has 15 heavy (non-hydrogen) atoms. The molecule has 2 heterocycles. The van der Waals surface area contributed by atoms with Crippen LogP contribution in [0.1, 0.15) is 29.3 Å². The van der Waals surface area contributed by atoms with Crippen LogP contribution in [0.25, 0.3) is 0 Å². The van der Waals surface area contributed by atoms with Gasteiger partial charge >= 0.3 is 0 Å². The van der Waals surface area contributed by atoms with E-state index in [-0.39, 0.29) is 6.04 Å². The number of aryl methyl sites for hydroxylation is 1. The first-order valence-corrected chi connectivity index (χ1v) is 6.88. The Labute approximate surface area is 103 Å². The zero-order valence-electron chi connectivity index (χ0n) is 8.83. The number of ether oxygens (including phenoxy) is 1. The van der Waals surface area contributed by atoms with Crippen LogP contribution in [0.15, 0.2) is 9.85 Å². The monoisotopic (exact) mass is 289 g/mol. The number of rotatable bonds is 2. The van der Waals surface area contributed by atoms with Crippen molar-refractivity contribution < 1.29 is 4.74 Å². The second-order valence-electron chi connectivity index (χ2n) is 4.08. The molecule has 2 rings (SSSR count). The van der Waals surface area contributed by atoms with Gasteiger partial charge in [-0.25, -0.2) is 0 Å². The third kappa shape index (κ3) is 2.61. The summed E-state index contributed by atoms with van der Waals surface area (Å²) in [4.78, 5) is 1.30. The number of thiophene rings is 1. The average Bonchev–Trinajstić information content (AvgIpc) is 2.59.